The number of rotatable bonds is 3. The van der Waals surface area contributed by atoms with Gasteiger partial charge in [-0.3, -0.25) is 4.40 Å². The van der Waals surface area contributed by atoms with Gasteiger partial charge < -0.3 is 15.4 Å². The summed E-state index contributed by atoms with van der Waals surface area (Å²) < 4.78 is 4.13. The van der Waals surface area contributed by atoms with Crippen molar-refractivity contribution in [1.29, 1.82) is 0 Å². The Bertz CT molecular complexity index is 1430. The Morgan fingerprint density at radius 3 is 2.61 bits per heavy atom. The molecule has 2 aromatic carbocycles. The second-order valence-corrected chi connectivity index (χ2v) is 8.24. The van der Waals surface area contributed by atoms with Crippen molar-refractivity contribution in [2.24, 2.45) is 7.05 Å². The third-order valence-corrected chi connectivity index (χ3v) is 6.27. The Labute approximate surface area is 178 Å². The molecule has 6 rings (SSSR count). The van der Waals surface area contributed by atoms with Gasteiger partial charge in [0, 0.05) is 36.5 Å². The number of benzene rings is 2. The summed E-state index contributed by atoms with van der Waals surface area (Å²) in [6.07, 6.45) is 4.79. The Morgan fingerprint density at radius 1 is 1.03 bits per heavy atom. The maximum Gasteiger partial charge on any atom is 0.150 e. The highest BCUT2D eigenvalue weighted by Crippen LogP contribution is 2.40. The van der Waals surface area contributed by atoms with Crippen molar-refractivity contribution < 1.29 is 5.11 Å². The lowest BCUT2D eigenvalue weighted by atomic mass is 9.82. The van der Waals surface area contributed by atoms with Gasteiger partial charge in [-0.05, 0) is 25.0 Å². The van der Waals surface area contributed by atoms with E-state index >= 15 is 0 Å². The number of nitrogens with two attached hydrogens (primary N) is 1. The maximum atomic E-state index is 9.79. The zero-order valence-corrected chi connectivity index (χ0v) is 17.1. The van der Waals surface area contributed by atoms with Crippen molar-refractivity contribution >= 4 is 22.4 Å². The van der Waals surface area contributed by atoms with Gasteiger partial charge in [-0.15, -0.1) is 0 Å². The van der Waals surface area contributed by atoms with E-state index in [0.29, 0.717) is 5.82 Å². The molecule has 1 saturated carbocycles. The third kappa shape index (κ3) is 2.74. The molecule has 0 amide bonds. The van der Waals surface area contributed by atoms with E-state index in [9.17, 15) is 5.11 Å². The molecular formula is C24H22N6O. The molecule has 154 valence electrons. The molecule has 7 nitrogen and oxygen atoms in total. The van der Waals surface area contributed by atoms with Crippen LogP contribution in [0.1, 0.15) is 24.6 Å². The minimum Gasteiger partial charge on any atom is -0.393 e. The number of aliphatic hydroxyl groups is 1. The topological polar surface area (TPSA) is 94.3 Å². The number of nitrogens with zero attached hydrogens (tertiary/aromatic N) is 5. The molecule has 1 aliphatic carbocycles. The zero-order chi connectivity index (χ0) is 21.1. The molecule has 0 bridgehead atoms. The van der Waals surface area contributed by atoms with Gasteiger partial charge >= 0.3 is 0 Å². The fraction of sp³-hybridized carbons (Fsp3) is 0.208. The molecule has 0 unspecified atom stereocenters. The van der Waals surface area contributed by atoms with Crippen LogP contribution in [0.4, 0.5) is 5.82 Å². The van der Waals surface area contributed by atoms with Crippen molar-refractivity contribution in [2.75, 3.05) is 5.73 Å². The van der Waals surface area contributed by atoms with Gasteiger partial charge in [0.2, 0.25) is 0 Å². The normalized spacial score (nSPS) is 18.5. The summed E-state index contributed by atoms with van der Waals surface area (Å²) in [5.74, 6) is 2.52. The number of aliphatic hydroxyl groups excluding tert-OH is 1. The SMILES string of the molecule is Cn1c(-c2ccccc2)nc2cc(-c3nc(C4CC(O)C4)n4ccnc(N)c34)ccc21. The van der Waals surface area contributed by atoms with Crippen LogP contribution in [-0.2, 0) is 7.05 Å². The number of imidazole rings is 2. The third-order valence-electron chi connectivity index (χ3n) is 6.27. The first kappa shape index (κ1) is 18.1. The van der Waals surface area contributed by atoms with Crippen molar-refractivity contribution in [3.63, 3.8) is 0 Å². The molecule has 0 aliphatic heterocycles. The predicted octanol–water partition coefficient (Wildman–Crippen LogP) is 3.77. The van der Waals surface area contributed by atoms with Crippen LogP contribution in [0.25, 0.3) is 39.2 Å². The summed E-state index contributed by atoms with van der Waals surface area (Å²) >= 11 is 0. The van der Waals surface area contributed by atoms with Crippen molar-refractivity contribution in [1.82, 2.24) is 23.9 Å². The number of aryl methyl sites for hydroxylation is 1. The first-order chi connectivity index (χ1) is 15.1. The van der Waals surface area contributed by atoms with Crippen LogP contribution < -0.4 is 5.73 Å². The number of hydrogen-bond donors (Lipinski definition) is 2. The number of nitrogen functional groups attached to an aromatic ring is 1. The smallest absolute Gasteiger partial charge is 0.150 e. The molecule has 3 heterocycles. The highest BCUT2D eigenvalue weighted by molar-refractivity contribution is 5.91. The number of anilines is 1. The van der Waals surface area contributed by atoms with E-state index in [4.69, 9.17) is 15.7 Å². The van der Waals surface area contributed by atoms with Crippen LogP contribution in [0, 0.1) is 0 Å². The molecule has 31 heavy (non-hydrogen) atoms. The number of fused-ring (bicyclic) bond motifs is 2. The lowest BCUT2D eigenvalue weighted by Gasteiger charge is -2.30. The summed E-state index contributed by atoms with van der Waals surface area (Å²) in [4.78, 5) is 14.2. The zero-order valence-electron chi connectivity index (χ0n) is 17.1. The van der Waals surface area contributed by atoms with Crippen LogP contribution in [0.2, 0.25) is 0 Å². The summed E-state index contributed by atoms with van der Waals surface area (Å²) in [7, 11) is 2.03. The van der Waals surface area contributed by atoms with Gasteiger partial charge in [-0.25, -0.2) is 15.0 Å². The molecule has 0 spiro atoms. The van der Waals surface area contributed by atoms with Crippen LogP contribution in [-0.4, -0.2) is 35.1 Å². The van der Waals surface area contributed by atoms with Crippen LogP contribution in [0.3, 0.4) is 0 Å². The van der Waals surface area contributed by atoms with Gasteiger partial charge in [-0.1, -0.05) is 36.4 Å². The lowest BCUT2D eigenvalue weighted by Crippen LogP contribution is -2.27. The average molecular weight is 410 g/mol. The predicted molar refractivity (Wildman–Crippen MR) is 121 cm³/mol. The molecule has 5 aromatic rings. The first-order valence-electron chi connectivity index (χ1n) is 10.4. The van der Waals surface area contributed by atoms with Crippen molar-refractivity contribution in [3.05, 3.63) is 66.7 Å². The Morgan fingerprint density at radius 2 is 1.84 bits per heavy atom. The fourth-order valence-corrected chi connectivity index (χ4v) is 4.57. The van der Waals surface area contributed by atoms with E-state index in [2.05, 4.69) is 39.9 Å². The largest absolute Gasteiger partial charge is 0.393 e. The van der Waals surface area contributed by atoms with E-state index in [0.717, 1.165) is 57.9 Å². The van der Waals surface area contributed by atoms with Gasteiger partial charge in [0.05, 0.1) is 17.1 Å². The highest BCUT2D eigenvalue weighted by Gasteiger charge is 2.33. The quantitative estimate of drug-likeness (QED) is 0.472. The molecule has 0 radical (unpaired) electrons. The Balaban J connectivity index is 1.52. The molecule has 0 atom stereocenters. The van der Waals surface area contributed by atoms with Gasteiger partial charge in [0.15, 0.2) is 0 Å². The summed E-state index contributed by atoms with van der Waals surface area (Å²) in [6.45, 7) is 0. The molecule has 0 saturated heterocycles. The Kier molecular flexibility index (Phi) is 3.88. The van der Waals surface area contributed by atoms with Crippen molar-refractivity contribution in [2.45, 2.75) is 24.9 Å². The van der Waals surface area contributed by atoms with Crippen LogP contribution >= 0.6 is 0 Å². The molecule has 3 N–H and O–H groups in total. The summed E-state index contributed by atoms with van der Waals surface area (Å²) in [6, 6.07) is 16.4. The van der Waals surface area contributed by atoms with Gasteiger partial charge in [0.1, 0.15) is 28.7 Å². The van der Waals surface area contributed by atoms with E-state index in [1.807, 2.05) is 35.8 Å². The van der Waals surface area contributed by atoms with E-state index in [1.54, 1.807) is 6.20 Å². The van der Waals surface area contributed by atoms with Crippen molar-refractivity contribution in [3.8, 4) is 22.6 Å². The van der Waals surface area contributed by atoms with E-state index in [1.165, 1.54) is 0 Å². The second kappa shape index (κ2) is 6.65. The standard InChI is InChI=1S/C24H22N6O/c1-29-19-8-7-15(13-18(19)27-23(29)14-5-3-2-4-6-14)20-21-22(25)26-9-10-30(21)24(28-20)16-11-17(31)12-16/h2-10,13,16-17,31H,11-12H2,1H3,(H2,25,26). The average Bonchev–Trinajstić information content (AvgIpc) is 3.31. The number of aromatic nitrogens is 5. The minimum absolute atomic E-state index is 0.223. The van der Waals surface area contributed by atoms with Crippen LogP contribution in [0.5, 0.6) is 0 Å². The highest BCUT2D eigenvalue weighted by atomic mass is 16.3. The molecule has 7 heteroatoms. The molecular weight excluding hydrogens is 388 g/mol. The number of hydrogen-bond acceptors (Lipinski definition) is 5. The summed E-state index contributed by atoms with van der Waals surface area (Å²) in [5, 5.41) is 9.79. The molecule has 1 fully saturated rings. The minimum atomic E-state index is -0.249. The Hall–Kier alpha value is -3.71. The van der Waals surface area contributed by atoms with Gasteiger partial charge in [0.25, 0.3) is 0 Å². The van der Waals surface area contributed by atoms with Gasteiger partial charge in [-0.2, -0.15) is 0 Å². The monoisotopic (exact) mass is 410 g/mol. The van der Waals surface area contributed by atoms with Crippen LogP contribution in [0.15, 0.2) is 60.9 Å². The maximum absolute atomic E-state index is 9.79. The molecule has 3 aromatic heterocycles. The fourth-order valence-electron chi connectivity index (χ4n) is 4.57. The van der Waals surface area contributed by atoms with E-state index in [-0.39, 0.29) is 12.0 Å². The first-order valence-corrected chi connectivity index (χ1v) is 10.4. The second-order valence-electron chi connectivity index (χ2n) is 8.24. The molecule has 1 aliphatic rings. The van der Waals surface area contributed by atoms with E-state index < -0.39 is 0 Å². The summed E-state index contributed by atoms with van der Waals surface area (Å²) in [5.41, 5.74) is 11.9. The lowest BCUT2D eigenvalue weighted by molar-refractivity contribution is 0.0715.